The van der Waals surface area contributed by atoms with Crippen LogP contribution in [0.4, 0.5) is 0 Å². The lowest BCUT2D eigenvalue weighted by Crippen LogP contribution is -2.19. The highest BCUT2D eigenvalue weighted by molar-refractivity contribution is 5.55. The largest absolute Gasteiger partial charge is 0.236 e. The molecule has 23 heavy (non-hydrogen) atoms. The van der Waals surface area contributed by atoms with Gasteiger partial charge in [0.2, 0.25) is 0 Å². The summed E-state index contributed by atoms with van der Waals surface area (Å²) < 4.78 is 0. The van der Waals surface area contributed by atoms with Gasteiger partial charge in [-0.25, -0.2) is 9.97 Å². The number of rotatable bonds is 6. The van der Waals surface area contributed by atoms with E-state index in [1.54, 1.807) is 0 Å². The molecule has 0 amide bonds. The SMILES string of the molecule is CCCC(C)(C)c1cnc(-c2ccc(CC(C)C)cc2)nc1C. The molecule has 0 spiro atoms. The topological polar surface area (TPSA) is 25.8 Å². The molecule has 1 heterocycles. The second-order valence-corrected chi connectivity index (χ2v) is 7.62. The molecule has 0 fully saturated rings. The standard InChI is InChI=1S/C21H30N2/c1-7-12-21(5,6)19-14-22-20(23-16(19)4)18-10-8-17(9-11-18)13-15(2)3/h8-11,14-15H,7,12-13H2,1-6H3. The number of hydrogen-bond acceptors (Lipinski definition) is 2. The molecule has 0 radical (unpaired) electrons. The molecular formula is C21H30N2. The van der Waals surface area contributed by atoms with E-state index in [0.717, 1.165) is 29.9 Å². The molecule has 0 saturated heterocycles. The third-order valence-corrected chi connectivity index (χ3v) is 4.44. The van der Waals surface area contributed by atoms with Crippen LogP contribution in [0.25, 0.3) is 11.4 Å². The number of nitrogens with zero attached hydrogens (tertiary/aromatic N) is 2. The Labute approximate surface area is 141 Å². The molecule has 0 saturated carbocycles. The zero-order valence-corrected chi connectivity index (χ0v) is 15.5. The Kier molecular flexibility index (Phi) is 5.56. The summed E-state index contributed by atoms with van der Waals surface area (Å²) >= 11 is 0. The van der Waals surface area contributed by atoms with Crippen LogP contribution in [0.2, 0.25) is 0 Å². The van der Waals surface area contributed by atoms with Gasteiger partial charge in [-0.1, -0.05) is 65.3 Å². The molecule has 0 aliphatic rings. The Morgan fingerprint density at radius 3 is 2.26 bits per heavy atom. The smallest absolute Gasteiger partial charge is 0.159 e. The number of aryl methyl sites for hydroxylation is 1. The summed E-state index contributed by atoms with van der Waals surface area (Å²) in [4.78, 5) is 9.41. The van der Waals surface area contributed by atoms with Gasteiger partial charge in [-0.2, -0.15) is 0 Å². The zero-order chi connectivity index (χ0) is 17.0. The first-order valence-electron chi connectivity index (χ1n) is 8.77. The van der Waals surface area contributed by atoms with Crippen molar-refractivity contribution >= 4 is 0 Å². The van der Waals surface area contributed by atoms with Gasteiger partial charge in [0.25, 0.3) is 0 Å². The number of aromatic nitrogens is 2. The third-order valence-electron chi connectivity index (χ3n) is 4.44. The second kappa shape index (κ2) is 7.25. The van der Waals surface area contributed by atoms with Crippen LogP contribution in [0.3, 0.4) is 0 Å². The van der Waals surface area contributed by atoms with Crippen LogP contribution in [-0.4, -0.2) is 9.97 Å². The van der Waals surface area contributed by atoms with Crippen molar-refractivity contribution in [1.82, 2.24) is 9.97 Å². The third kappa shape index (κ3) is 4.40. The highest BCUT2D eigenvalue weighted by atomic mass is 14.9. The molecule has 2 heteroatoms. The lowest BCUT2D eigenvalue weighted by Gasteiger charge is -2.25. The fourth-order valence-corrected chi connectivity index (χ4v) is 3.29. The van der Waals surface area contributed by atoms with Crippen molar-refractivity contribution in [2.24, 2.45) is 5.92 Å². The van der Waals surface area contributed by atoms with Gasteiger partial charge in [0.15, 0.2) is 5.82 Å². The maximum Gasteiger partial charge on any atom is 0.159 e. The van der Waals surface area contributed by atoms with E-state index in [1.807, 2.05) is 6.20 Å². The maximum atomic E-state index is 4.77. The van der Waals surface area contributed by atoms with Gasteiger partial charge in [0.05, 0.1) is 0 Å². The van der Waals surface area contributed by atoms with Gasteiger partial charge >= 0.3 is 0 Å². The van der Waals surface area contributed by atoms with Gasteiger partial charge in [0.1, 0.15) is 0 Å². The van der Waals surface area contributed by atoms with Gasteiger partial charge in [-0.05, 0) is 42.2 Å². The first-order valence-corrected chi connectivity index (χ1v) is 8.77. The lowest BCUT2D eigenvalue weighted by molar-refractivity contribution is 0.467. The van der Waals surface area contributed by atoms with Gasteiger partial charge < -0.3 is 0 Å². The van der Waals surface area contributed by atoms with Crippen molar-refractivity contribution in [3.63, 3.8) is 0 Å². The van der Waals surface area contributed by atoms with Crippen molar-refractivity contribution in [3.05, 3.63) is 47.3 Å². The van der Waals surface area contributed by atoms with Crippen molar-refractivity contribution in [1.29, 1.82) is 0 Å². The summed E-state index contributed by atoms with van der Waals surface area (Å²) in [5.74, 6) is 1.51. The summed E-state index contributed by atoms with van der Waals surface area (Å²) in [6.45, 7) is 13.4. The first kappa shape index (κ1) is 17.7. The fourth-order valence-electron chi connectivity index (χ4n) is 3.29. The van der Waals surface area contributed by atoms with Crippen molar-refractivity contribution < 1.29 is 0 Å². The molecule has 2 nitrogen and oxygen atoms in total. The van der Waals surface area contributed by atoms with Crippen molar-refractivity contribution in [2.75, 3.05) is 0 Å². The zero-order valence-electron chi connectivity index (χ0n) is 15.5. The van der Waals surface area contributed by atoms with E-state index in [9.17, 15) is 0 Å². The molecule has 0 aliphatic carbocycles. The predicted molar refractivity (Wildman–Crippen MR) is 98.7 cm³/mol. The van der Waals surface area contributed by atoms with Crippen molar-refractivity contribution in [3.8, 4) is 11.4 Å². The summed E-state index contributed by atoms with van der Waals surface area (Å²) in [5.41, 5.74) is 4.97. The predicted octanol–water partition coefficient (Wildman–Crippen LogP) is 5.73. The van der Waals surface area contributed by atoms with Crippen LogP contribution < -0.4 is 0 Å². The average Bonchev–Trinajstić information content (AvgIpc) is 2.47. The van der Waals surface area contributed by atoms with Crippen molar-refractivity contribution in [2.45, 2.75) is 66.2 Å². The molecule has 0 atom stereocenters. The number of benzene rings is 1. The Morgan fingerprint density at radius 1 is 1.09 bits per heavy atom. The minimum atomic E-state index is 0.137. The molecule has 1 aromatic carbocycles. The molecule has 0 bridgehead atoms. The van der Waals surface area contributed by atoms with Crippen LogP contribution in [0.15, 0.2) is 30.5 Å². The fraction of sp³-hybridized carbons (Fsp3) is 0.524. The van der Waals surface area contributed by atoms with Crippen LogP contribution >= 0.6 is 0 Å². The number of hydrogen-bond donors (Lipinski definition) is 0. The molecule has 0 aliphatic heterocycles. The molecule has 1 aromatic heterocycles. The molecule has 2 aromatic rings. The average molecular weight is 310 g/mol. The minimum Gasteiger partial charge on any atom is -0.236 e. The molecular weight excluding hydrogens is 280 g/mol. The second-order valence-electron chi connectivity index (χ2n) is 7.62. The Balaban J connectivity index is 2.26. The molecule has 124 valence electrons. The van der Waals surface area contributed by atoms with E-state index in [4.69, 9.17) is 4.98 Å². The molecule has 2 rings (SSSR count). The normalized spacial score (nSPS) is 12.0. The van der Waals surface area contributed by atoms with Crippen LogP contribution in [0.1, 0.15) is 64.3 Å². The minimum absolute atomic E-state index is 0.137. The van der Waals surface area contributed by atoms with Gasteiger partial charge in [-0.15, -0.1) is 0 Å². The van der Waals surface area contributed by atoms with Crippen LogP contribution in [0.5, 0.6) is 0 Å². The molecule has 0 unspecified atom stereocenters. The van der Waals surface area contributed by atoms with Crippen LogP contribution in [0, 0.1) is 12.8 Å². The first-order chi connectivity index (χ1) is 10.8. The van der Waals surface area contributed by atoms with E-state index >= 15 is 0 Å². The highest BCUT2D eigenvalue weighted by Crippen LogP contribution is 2.30. The maximum absolute atomic E-state index is 4.77. The van der Waals surface area contributed by atoms with E-state index < -0.39 is 0 Å². The van der Waals surface area contributed by atoms with Crippen LogP contribution in [-0.2, 0) is 11.8 Å². The Bertz CT molecular complexity index is 639. The summed E-state index contributed by atoms with van der Waals surface area (Å²) in [6.07, 6.45) is 5.46. The van der Waals surface area contributed by atoms with Gasteiger partial charge in [-0.3, -0.25) is 0 Å². The van der Waals surface area contributed by atoms with E-state index in [1.165, 1.54) is 17.5 Å². The lowest BCUT2D eigenvalue weighted by atomic mass is 9.80. The van der Waals surface area contributed by atoms with E-state index in [2.05, 4.69) is 70.8 Å². The van der Waals surface area contributed by atoms with E-state index in [-0.39, 0.29) is 5.41 Å². The molecule has 0 N–H and O–H groups in total. The highest BCUT2D eigenvalue weighted by Gasteiger charge is 2.23. The van der Waals surface area contributed by atoms with Gasteiger partial charge in [0, 0.05) is 17.5 Å². The quantitative estimate of drug-likeness (QED) is 0.681. The Morgan fingerprint density at radius 2 is 1.74 bits per heavy atom. The summed E-state index contributed by atoms with van der Waals surface area (Å²) in [7, 11) is 0. The van der Waals surface area contributed by atoms with E-state index in [0.29, 0.717) is 5.92 Å². The summed E-state index contributed by atoms with van der Waals surface area (Å²) in [6, 6.07) is 8.68. The summed E-state index contributed by atoms with van der Waals surface area (Å²) in [5, 5.41) is 0. The Hall–Kier alpha value is -1.70. The monoisotopic (exact) mass is 310 g/mol.